The minimum Gasteiger partial charge on any atom is -0.504 e. The summed E-state index contributed by atoms with van der Waals surface area (Å²) in [5, 5.41) is 12.8. The summed E-state index contributed by atoms with van der Waals surface area (Å²) in [5.41, 5.74) is 3.11. The Morgan fingerprint density at radius 1 is 1.38 bits per heavy atom. The highest BCUT2D eigenvalue weighted by Crippen LogP contribution is 2.53. The molecule has 3 aliphatic heterocycles. The van der Waals surface area contributed by atoms with Gasteiger partial charge in [0.2, 0.25) is 0 Å². The Kier molecular flexibility index (Phi) is 3.75. The van der Waals surface area contributed by atoms with E-state index in [0.717, 1.165) is 35.2 Å². The topological polar surface area (TPSA) is 81.0 Å². The third-order valence-electron chi connectivity index (χ3n) is 6.31. The fourth-order valence-electron chi connectivity index (χ4n) is 5.08. The van der Waals surface area contributed by atoms with Gasteiger partial charge in [0.15, 0.2) is 16.9 Å². The predicted octanol–water partition coefficient (Wildman–Crippen LogP) is 2.90. The lowest BCUT2D eigenvalue weighted by Gasteiger charge is -2.45. The van der Waals surface area contributed by atoms with Gasteiger partial charge in [-0.3, -0.25) is 14.5 Å². The molecule has 0 spiro atoms. The number of aromatic hydroxyl groups is 1. The number of carbonyl (C=O) groups is 1. The van der Waals surface area contributed by atoms with Crippen LogP contribution in [0.25, 0.3) is 11.3 Å². The minimum atomic E-state index is -0.605. The van der Waals surface area contributed by atoms with E-state index in [2.05, 4.69) is 18.9 Å². The van der Waals surface area contributed by atoms with Gasteiger partial charge < -0.3 is 14.6 Å². The molecule has 1 fully saturated rings. The number of carbonyl (C=O) groups excluding carboxylic acids is 1. The van der Waals surface area contributed by atoms with Gasteiger partial charge in [0.1, 0.15) is 5.56 Å². The number of fused-ring (bicyclic) bond motifs is 8. The van der Waals surface area contributed by atoms with E-state index < -0.39 is 5.97 Å². The first-order chi connectivity index (χ1) is 13.8. The Morgan fingerprint density at radius 3 is 2.93 bits per heavy atom. The van der Waals surface area contributed by atoms with Crippen LogP contribution in [-0.4, -0.2) is 34.5 Å². The van der Waals surface area contributed by atoms with E-state index in [4.69, 9.17) is 9.47 Å². The zero-order valence-electron chi connectivity index (χ0n) is 16.8. The molecule has 2 aromatic rings. The summed E-state index contributed by atoms with van der Waals surface area (Å²) in [7, 11) is 0. The number of hydrogen-bond donors (Lipinski definition) is 1. The maximum absolute atomic E-state index is 12.8. The smallest absolute Gasteiger partial charge is 0.343 e. The van der Waals surface area contributed by atoms with E-state index in [0.29, 0.717) is 18.8 Å². The van der Waals surface area contributed by atoms with Crippen molar-refractivity contribution < 1.29 is 19.4 Å². The van der Waals surface area contributed by atoms with Crippen molar-refractivity contribution >= 4 is 5.97 Å². The quantitative estimate of drug-likeness (QED) is 0.787. The summed E-state index contributed by atoms with van der Waals surface area (Å²) in [6.45, 7) is 6.75. The van der Waals surface area contributed by atoms with Crippen molar-refractivity contribution in [3.05, 3.63) is 45.2 Å². The molecule has 1 saturated heterocycles. The van der Waals surface area contributed by atoms with Crippen LogP contribution in [0.1, 0.15) is 61.1 Å². The normalized spacial score (nSPS) is 20.4. The molecule has 0 saturated carbocycles. The maximum Gasteiger partial charge on any atom is 0.343 e. The summed E-state index contributed by atoms with van der Waals surface area (Å²) >= 11 is 0. The van der Waals surface area contributed by atoms with Gasteiger partial charge in [-0.25, -0.2) is 4.79 Å². The lowest BCUT2D eigenvalue weighted by atomic mass is 9.89. The van der Waals surface area contributed by atoms with Crippen molar-refractivity contribution in [3.63, 3.8) is 0 Å². The van der Waals surface area contributed by atoms with Gasteiger partial charge in [-0.1, -0.05) is 0 Å². The van der Waals surface area contributed by atoms with Crippen molar-refractivity contribution in [1.82, 2.24) is 4.68 Å². The molecule has 152 valence electrons. The first-order valence-electron chi connectivity index (χ1n) is 10.1. The standard InChI is InChI=1S/C22H24N2O5/c1-4-28-21(27)14-11-23-16(10-17(14)25)19-12-6-8-29-20(12)18(26)9-13(19)15-5-7-22(2,3)24(15)23/h9-11,15,26H,4-8H2,1-3H3. The third kappa shape index (κ3) is 2.42. The molecule has 7 heteroatoms. The van der Waals surface area contributed by atoms with Gasteiger partial charge in [-0.2, -0.15) is 0 Å². The number of pyridine rings is 1. The molecule has 4 heterocycles. The van der Waals surface area contributed by atoms with Crippen LogP contribution in [0.3, 0.4) is 0 Å². The molecular weight excluding hydrogens is 372 g/mol. The molecule has 29 heavy (non-hydrogen) atoms. The molecule has 0 aliphatic carbocycles. The van der Waals surface area contributed by atoms with Crippen molar-refractivity contribution in [3.8, 4) is 22.8 Å². The second-order valence-electron chi connectivity index (χ2n) is 8.48. The van der Waals surface area contributed by atoms with Gasteiger partial charge in [0.05, 0.1) is 30.5 Å². The van der Waals surface area contributed by atoms with Gasteiger partial charge >= 0.3 is 5.97 Å². The molecule has 0 radical (unpaired) electrons. The molecule has 0 amide bonds. The molecule has 1 atom stereocenters. The number of aromatic nitrogens is 1. The Labute approximate surface area is 168 Å². The summed E-state index contributed by atoms with van der Waals surface area (Å²) in [5.74, 6) is 0.0502. The molecule has 0 bridgehead atoms. The number of benzene rings is 1. The summed E-state index contributed by atoms with van der Waals surface area (Å²) in [4.78, 5) is 25.2. The number of phenols is 1. The summed E-state index contributed by atoms with van der Waals surface area (Å²) < 4.78 is 12.7. The Hall–Kier alpha value is -2.96. The monoisotopic (exact) mass is 396 g/mol. The van der Waals surface area contributed by atoms with Crippen LogP contribution in [-0.2, 0) is 11.2 Å². The van der Waals surface area contributed by atoms with Crippen LogP contribution in [0.15, 0.2) is 23.1 Å². The first-order valence-corrected chi connectivity index (χ1v) is 10.1. The second kappa shape index (κ2) is 6.02. The highest BCUT2D eigenvalue weighted by molar-refractivity contribution is 5.90. The van der Waals surface area contributed by atoms with E-state index in [-0.39, 0.29) is 34.9 Å². The molecule has 5 rings (SSSR count). The molecule has 3 aliphatic rings. The average Bonchev–Trinajstić information content (AvgIpc) is 3.27. The number of nitrogens with zero attached hydrogens (tertiary/aromatic N) is 2. The first kappa shape index (κ1) is 18.1. The lowest BCUT2D eigenvalue weighted by molar-refractivity contribution is 0.0523. The number of phenolic OH excluding ortho intramolecular Hbond substituents is 1. The van der Waals surface area contributed by atoms with Gasteiger partial charge in [-0.05, 0) is 45.2 Å². The van der Waals surface area contributed by atoms with Gasteiger partial charge in [0.25, 0.3) is 0 Å². The van der Waals surface area contributed by atoms with Crippen LogP contribution in [0.2, 0.25) is 0 Å². The highest BCUT2D eigenvalue weighted by Gasteiger charge is 2.46. The number of hydrogen-bond acceptors (Lipinski definition) is 6. The van der Waals surface area contributed by atoms with E-state index in [1.54, 1.807) is 19.2 Å². The zero-order chi connectivity index (χ0) is 20.5. The van der Waals surface area contributed by atoms with Crippen LogP contribution in [0.5, 0.6) is 11.5 Å². The number of ether oxygens (including phenoxy) is 2. The Bertz CT molecular complexity index is 1100. The number of esters is 1. The molecule has 1 N–H and O–H groups in total. The van der Waals surface area contributed by atoms with Gasteiger partial charge in [-0.15, -0.1) is 0 Å². The van der Waals surface area contributed by atoms with Crippen LogP contribution >= 0.6 is 0 Å². The van der Waals surface area contributed by atoms with Crippen molar-refractivity contribution in [1.29, 1.82) is 0 Å². The maximum atomic E-state index is 12.8. The van der Waals surface area contributed by atoms with Crippen LogP contribution < -0.4 is 15.2 Å². The van der Waals surface area contributed by atoms with Crippen LogP contribution in [0, 0.1) is 0 Å². The molecule has 1 unspecified atom stereocenters. The fraction of sp³-hybridized carbons (Fsp3) is 0.455. The van der Waals surface area contributed by atoms with Crippen LogP contribution in [0.4, 0.5) is 0 Å². The molecule has 1 aromatic heterocycles. The van der Waals surface area contributed by atoms with Crippen molar-refractivity contribution in [2.75, 3.05) is 18.2 Å². The van der Waals surface area contributed by atoms with E-state index in [1.807, 2.05) is 4.68 Å². The Morgan fingerprint density at radius 2 is 2.17 bits per heavy atom. The van der Waals surface area contributed by atoms with Crippen molar-refractivity contribution in [2.24, 2.45) is 0 Å². The SMILES string of the molecule is CCOC(=O)c1cn2c(cc1=O)-c1c(cc(O)c3c1CCO3)C1CCC(C)(C)N12. The number of rotatable bonds is 2. The zero-order valence-corrected chi connectivity index (χ0v) is 16.8. The van der Waals surface area contributed by atoms with E-state index >= 15 is 0 Å². The van der Waals surface area contributed by atoms with Gasteiger partial charge in [0, 0.05) is 29.8 Å². The third-order valence-corrected chi connectivity index (χ3v) is 6.31. The fourth-order valence-corrected chi connectivity index (χ4v) is 5.08. The van der Waals surface area contributed by atoms with E-state index in [1.165, 1.54) is 6.07 Å². The summed E-state index contributed by atoms with van der Waals surface area (Å²) in [6, 6.07) is 3.35. The van der Waals surface area contributed by atoms with E-state index in [9.17, 15) is 14.7 Å². The average molecular weight is 396 g/mol. The predicted molar refractivity (Wildman–Crippen MR) is 107 cm³/mol. The largest absolute Gasteiger partial charge is 0.504 e. The second-order valence-corrected chi connectivity index (χ2v) is 8.48. The molecule has 1 aromatic carbocycles. The highest BCUT2D eigenvalue weighted by atomic mass is 16.5. The lowest BCUT2D eigenvalue weighted by Crippen LogP contribution is -2.50. The Balaban J connectivity index is 1.82. The summed E-state index contributed by atoms with van der Waals surface area (Å²) in [6.07, 6.45) is 4.16. The minimum absolute atomic E-state index is 0.0344. The molecular formula is C22H24N2O5. The van der Waals surface area contributed by atoms with Crippen molar-refractivity contribution in [2.45, 2.75) is 51.6 Å². The molecule has 7 nitrogen and oxygen atoms in total.